The SMILES string of the molecule is CC(CO)(CON)C(=O)O. The Morgan fingerprint density at radius 3 is 2.40 bits per heavy atom. The Labute approximate surface area is 58.4 Å². The van der Waals surface area contributed by atoms with Gasteiger partial charge in [-0.2, -0.15) is 0 Å². The lowest BCUT2D eigenvalue weighted by Gasteiger charge is -2.19. The lowest BCUT2D eigenvalue weighted by atomic mass is 9.94. The zero-order chi connectivity index (χ0) is 8.20. The number of hydrogen-bond acceptors (Lipinski definition) is 4. The first-order valence-electron chi connectivity index (χ1n) is 2.73. The minimum atomic E-state index is -1.28. The van der Waals surface area contributed by atoms with E-state index in [1.54, 1.807) is 0 Å². The fourth-order valence-electron chi connectivity index (χ4n) is 0.359. The maximum absolute atomic E-state index is 10.3. The van der Waals surface area contributed by atoms with Crippen molar-refractivity contribution in [3.63, 3.8) is 0 Å². The van der Waals surface area contributed by atoms with Gasteiger partial charge in [-0.05, 0) is 6.92 Å². The van der Waals surface area contributed by atoms with Gasteiger partial charge < -0.3 is 15.1 Å². The highest BCUT2D eigenvalue weighted by molar-refractivity contribution is 5.74. The molecule has 0 bridgehead atoms. The number of carboxylic acid groups (broad SMARTS) is 1. The number of nitrogens with two attached hydrogens (primary N) is 1. The highest BCUT2D eigenvalue weighted by Gasteiger charge is 2.32. The molecule has 1 atom stereocenters. The van der Waals surface area contributed by atoms with Gasteiger partial charge in [0.2, 0.25) is 0 Å². The van der Waals surface area contributed by atoms with Crippen molar-refractivity contribution in [3.05, 3.63) is 0 Å². The molecule has 0 amide bonds. The minimum absolute atomic E-state index is 0.196. The third kappa shape index (κ3) is 1.94. The molecule has 0 radical (unpaired) electrons. The Hall–Kier alpha value is -0.650. The van der Waals surface area contributed by atoms with E-state index in [2.05, 4.69) is 10.7 Å². The molecule has 1 unspecified atom stereocenters. The zero-order valence-corrected chi connectivity index (χ0v) is 5.70. The first-order valence-corrected chi connectivity index (χ1v) is 2.73. The van der Waals surface area contributed by atoms with E-state index in [-0.39, 0.29) is 6.61 Å². The van der Waals surface area contributed by atoms with Crippen molar-refractivity contribution in [1.29, 1.82) is 0 Å². The van der Waals surface area contributed by atoms with Gasteiger partial charge in [-0.1, -0.05) is 0 Å². The van der Waals surface area contributed by atoms with Crippen LogP contribution in [0.2, 0.25) is 0 Å². The summed E-state index contributed by atoms with van der Waals surface area (Å²) in [6.07, 6.45) is 0. The van der Waals surface area contributed by atoms with Crippen molar-refractivity contribution in [2.75, 3.05) is 13.2 Å². The van der Waals surface area contributed by atoms with E-state index >= 15 is 0 Å². The van der Waals surface area contributed by atoms with Crippen LogP contribution in [0.4, 0.5) is 0 Å². The van der Waals surface area contributed by atoms with Crippen molar-refractivity contribution in [2.24, 2.45) is 11.3 Å². The van der Waals surface area contributed by atoms with Crippen LogP contribution < -0.4 is 5.90 Å². The topological polar surface area (TPSA) is 92.8 Å². The Bertz CT molecular complexity index is 127. The predicted octanol–water partition coefficient (Wildman–Crippen LogP) is -1.04. The Balaban J connectivity index is 4.08. The second-order valence-electron chi connectivity index (χ2n) is 2.33. The molecule has 0 aromatic rings. The molecule has 0 heterocycles. The lowest BCUT2D eigenvalue weighted by molar-refractivity contribution is -0.154. The quantitative estimate of drug-likeness (QED) is 0.444. The van der Waals surface area contributed by atoms with E-state index < -0.39 is 18.0 Å². The molecule has 0 fully saturated rings. The van der Waals surface area contributed by atoms with Crippen LogP contribution in [0, 0.1) is 5.41 Å². The molecule has 0 rings (SSSR count). The van der Waals surface area contributed by atoms with Gasteiger partial charge in [0.15, 0.2) is 0 Å². The summed E-state index contributed by atoms with van der Waals surface area (Å²) in [6.45, 7) is 0.667. The van der Waals surface area contributed by atoms with Gasteiger partial charge in [0.1, 0.15) is 5.41 Å². The first kappa shape index (κ1) is 9.35. The molecule has 60 valence electrons. The summed E-state index contributed by atoms with van der Waals surface area (Å²) >= 11 is 0. The van der Waals surface area contributed by atoms with Crippen molar-refractivity contribution in [1.82, 2.24) is 0 Å². The van der Waals surface area contributed by atoms with Gasteiger partial charge in [-0.25, -0.2) is 5.90 Å². The molecule has 5 nitrogen and oxygen atoms in total. The lowest BCUT2D eigenvalue weighted by Crippen LogP contribution is -2.37. The summed E-state index contributed by atoms with van der Waals surface area (Å²) in [7, 11) is 0. The molecule has 0 aromatic heterocycles. The van der Waals surface area contributed by atoms with Crippen LogP contribution in [0.5, 0.6) is 0 Å². The molecule has 5 heteroatoms. The highest BCUT2D eigenvalue weighted by Crippen LogP contribution is 2.14. The third-order valence-corrected chi connectivity index (χ3v) is 1.27. The Morgan fingerprint density at radius 2 is 2.30 bits per heavy atom. The zero-order valence-electron chi connectivity index (χ0n) is 5.70. The maximum atomic E-state index is 10.3. The molecule has 0 spiro atoms. The smallest absolute Gasteiger partial charge is 0.314 e. The molecule has 10 heavy (non-hydrogen) atoms. The van der Waals surface area contributed by atoms with Crippen LogP contribution in [-0.4, -0.2) is 29.4 Å². The standard InChI is InChI=1S/C5H11NO4/c1-5(2-7,3-10-6)4(8)9/h7H,2-3,6H2,1H3,(H,8,9). The van der Waals surface area contributed by atoms with Crippen molar-refractivity contribution >= 4 is 5.97 Å². The maximum Gasteiger partial charge on any atom is 0.314 e. The average Bonchev–Trinajstić information content (AvgIpc) is 1.88. The van der Waals surface area contributed by atoms with Crippen molar-refractivity contribution < 1.29 is 19.8 Å². The number of aliphatic carboxylic acids is 1. The molecule has 0 aliphatic carbocycles. The highest BCUT2D eigenvalue weighted by atomic mass is 16.6. The number of aliphatic hydroxyl groups is 1. The van der Waals surface area contributed by atoms with Crippen LogP contribution in [0.3, 0.4) is 0 Å². The van der Waals surface area contributed by atoms with Crippen LogP contribution in [0.15, 0.2) is 0 Å². The van der Waals surface area contributed by atoms with Gasteiger partial charge in [0.25, 0.3) is 0 Å². The predicted molar refractivity (Wildman–Crippen MR) is 33.0 cm³/mol. The fourth-order valence-corrected chi connectivity index (χ4v) is 0.359. The van der Waals surface area contributed by atoms with Gasteiger partial charge in [-0.15, -0.1) is 0 Å². The number of aliphatic hydroxyl groups excluding tert-OH is 1. The summed E-state index contributed by atoms with van der Waals surface area (Å²) < 4.78 is 0. The van der Waals surface area contributed by atoms with Crippen LogP contribution >= 0.6 is 0 Å². The normalized spacial score (nSPS) is 16.3. The van der Waals surface area contributed by atoms with Crippen molar-refractivity contribution in [3.8, 4) is 0 Å². The molecular formula is C5H11NO4. The molecule has 0 saturated carbocycles. The summed E-state index contributed by atoms with van der Waals surface area (Å²) in [4.78, 5) is 14.5. The van der Waals surface area contributed by atoms with E-state index in [9.17, 15) is 4.79 Å². The summed E-state index contributed by atoms with van der Waals surface area (Å²) in [6, 6.07) is 0. The molecule has 0 aliphatic heterocycles. The number of carbonyl (C=O) groups is 1. The van der Waals surface area contributed by atoms with E-state index in [1.165, 1.54) is 6.92 Å². The Kier molecular flexibility index (Phi) is 3.27. The third-order valence-electron chi connectivity index (χ3n) is 1.27. The first-order chi connectivity index (χ1) is 4.56. The van der Waals surface area contributed by atoms with E-state index in [0.717, 1.165) is 0 Å². The summed E-state index contributed by atoms with van der Waals surface area (Å²) in [5.74, 6) is 3.53. The molecular weight excluding hydrogens is 138 g/mol. The molecule has 0 aliphatic rings. The van der Waals surface area contributed by atoms with Gasteiger partial charge >= 0.3 is 5.97 Å². The largest absolute Gasteiger partial charge is 0.481 e. The van der Waals surface area contributed by atoms with Gasteiger partial charge in [0, 0.05) is 0 Å². The van der Waals surface area contributed by atoms with E-state index in [1.807, 2.05) is 0 Å². The summed E-state index contributed by atoms with van der Waals surface area (Å²) in [5, 5.41) is 17.0. The minimum Gasteiger partial charge on any atom is -0.481 e. The molecule has 0 saturated heterocycles. The van der Waals surface area contributed by atoms with Gasteiger partial charge in [-0.3, -0.25) is 4.79 Å². The fraction of sp³-hybridized carbons (Fsp3) is 0.800. The van der Waals surface area contributed by atoms with E-state index in [4.69, 9.17) is 10.2 Å². The monoisotopic (exact) mass is 149 g/mol. The van der Waals surface area contributed by atoms with Crippen LogP contribution in [0.25, 0.3) is 0 Å². The van der Waals surface area contributed by atoms with Crippen molar-refractivity contribution in [2.45, 2.75) is 6.92 Å². The second-order valence-corrected chi connectivity index (χ2v) is 2.33. The van der Waals surface area contributed by atoms with E-state index in [0.29, 0.717) is 0 Å². The second kappa shape index (κ2) is 3.50. The molecule has 0 aromatic carbocycles. The number of rotatable bonds is 4. The van der Waals surface area contributed by atoms with Gasteiger partial charge in [0.05, 0.1) is 13.2 Å². The van der Waals surface area contributed by atoms with Crippen LogP contribution in [-0.2, 0) is 9.63 Å². The Morgan fingerprint density at radius 1 is 1.80 bits per heavy atom. The average molecular weight is 149 g/mol. The summed E-state index contributed by atoms with van der Waals surface area (Å²) in [5.41, 5.74) is -1.28. The molecule has 4 N–H and O–H groups in total. The number of carboxylic acids is 1. The van der Waals surface area contributed by atoms with Crippen LogP contribution in [0.1, 0.15) is 6.92 Å². The number of hydrogen-bond donors (Lipinski definition) is 3.